The number of hydrogen-bond donors (Lipinski definition) is 1. The third-order valence-corrected chi connectivity index (χ3v) is 0.469. The fourth-order valence-electron chi connectivity index (χ4n) is 0. The molecule has 0 aliphatic carbocycles. The molecule has 1 N–H and O–H groups in total. The van der Waals surface area contributed by atoms with Crippen molar-refractivity contribution in [1.82, 2.24) is 0 Å². The minimum atomic E-state index is -3.24. The first-order valence-electron chi connectivity index (χ1n) is 1.02. The van der Waals surface area contributed by atoms with Crippen LogP contribution in [-0.2, 0) is 4.57 Å². The molecule has 1 atom stereocenters. The summed E-state index contributed by atoms with van der Waals surface area (Å²) in [5.41, 5.74) is -1.79. The molecular weight excluding hydrogens is 176 g/mol. The summed E-state index contributed by atoms with van der Waals surface area (Å²) < 4.78 is 9.14. The summed E-state index contributed by atoms with van der Waals surface area (Å²) in [6, 6.07) is 0. The minimum Gasteiger partial charge on any atom is -0.585 e. The molecule has 1 unspecified atom stereocenters. The Morgan fingerprint density at radius 2 is 1.44 bits per heavy atom. The molecule has 0 rings (SSSR count). The maximum Gasteiger partial charge on any atom is 0.549 e. The summed E-state index contributed by atoms with van der Waals surface area (Å²) in [4.78, 5) is 18.2. The molecule has 0 aromatic carbocycles. The van der Waals surface area contributed by atoms with Crippen molar-refractivity contribution in [2.24, 2.45) is 0 Å². The molecule has 0 aliphatic rings. The molecule has 8 heteroatoms. The Morgan fingerprint density at radius 1 is 1.33 bits per heavy atom. The maximum atomic E-state index is 9.14. The van der Waals surface area contributed by atoms with Crippen molar-refractivity contribution in [3.63, 3.8) is 0 Å². The van der Waals surface area contributed by atoms with Crippen LogP contribution in [0.15, 0.2) is 0 Å². The van der Waals surface area contributed by atoms with E-state index in [0.29, 0.717) is 0 Å². The molecular formula is CHNa3O4P. The van der Waals surface area contributed by atoms with E-state index >= 15 is 0 Å². The Morgan fingerprint density at radius 3 is 1.44 bits per heavy atom. The first-order valence-corrected chi connectivity index (χ1v) is 2.19. The minimum absolute atomic E-state index is 0. The number of carbonyl (C=O) groups is 1. The van der Waals surface area contributed by atoms with Gasteiger partial charge in [0.1, 0.15) is 0 Å². The smallest absolute Gasteiger partial charge is 0.549 e. The molecule has 0 fully saturated rings. The SMILES string of the molecule is O=C(O)[P+](=O)[O-].[Na].[Na].[Na]. The molecule has 3 radical (unpaired) electrons. The first kappa shape index (κ1) is 22.5. The van der Waals surface area contributed by atoms with Gasteiger partial charge in [-0.1, -0.05) is 4.57 Å². The van der Waals surface area contributed by atoms with E-state index < -0.39 is 13.7 Å². The van der Waals surface area contributed by atoms with Crippen molar-refractivity contribution < 1.29 is 19.4 Å². The van der Waals surface area contributed by atoms with Crippen molar-refractivity contribution in [1.29, 1.82) is 0 Å². The van der Waals surface area contributed by atoms with E-state index in [2.05, 4.69) is 0 Å². The van der Waals surface area contributed by atoms with Gasteiger partial charge in [-0.15, -0.1) is 0 Å². The zero-order chi connectivity index (χ0) is 5.15. The van der Waals surface area contributed by atoms with Crippen LogP contribution in [-0.4, -0.2) is 99.5 Å². The van der Waals surface area contributed by atoms with Gasteiger partial charge >= 0.3 is 13.7 Å². The predicted molar refractivity (Wildman–Crippen MR) is 32.9 cm³/mol. The van der Waals surface area contributed by atoms with Crippen molar-refractivity contribution in [3.8, 4) is 0 Å². The van der Waals surface area contributed by atoms with Crippen LogP contribution in [0, 0.1) is 0 Å². The quantitative estimate of drug-likeness (QED) is 0.395. The third kappa shape index (κ3) is 18.0. The fourth-order valence-corrected chi connectivity index (χ4v) is 0. The van der Waals surface area contributed by atoms with Crippen LogP contribution >= 0.6 is 8.03 Å². The van der Waals surface area contributed by atoms with Gasteiger partial charge in [0.2, 0.25) is 0 Å². The van der Waals surface area contributed by atoms with Crippen LogP contribution in [0.1, 0.15) is 0 Å². The van der Waals surface area contributed by atoms with Gasteiger partial charge in [-0.25, -0.2) is 0 Å². The van der Waals surface area contributed by atoms with Gasteiger partial charge in [-0.05, 0) is 0 Å². The van der Waals surface area contributed by atoms with Gasteiger partial charge in [-0.3, -0.25) is 0 Å². The van der Waals surface area contributed by atoms with Gasteiger partial charge in [0.15, 0.2) is 0 Å². The monoisotopic (exact) mass is 177 g/mol. The molecule has 0 aromatic heterocycles. The van der Waals surface area contributed by atoms with Crippen molar-refractivity contribution >= 4 is 102 Å². The summed E-state index contributed by atoms with van der Waals surface area (Å²) in [6.45, 7) is 0. The molecule has 0 amide bonds. The van der Waals surface area contributed by atoms with E-state index in [1.807, 2.05) is 0 Å². The Labute approximate surface area is 120 Å². The zero-order valence-electron chi connectivity index (χ0n) is 5.62. The van der Waals surface area contributed by atoms with Gasteiger partial charge in [-0.2, -0.15) is 4.79 Å². The molecule has 37 valence electrons. The number of hydrogen-bond acceptors (Lipinski definition) is 3. The number of rotatable bonds is 1. The predicted octanol–water partition coefficient (Wildman–Crippen LogP) is -1.38. The van der Waals surface area contributed by atoms with Crippen LogP contribution in [0.4, 0.5) is 4.79 Å². The average Bonchev–Trinajstić information content (AvgIpc) is 1.36. The van der Waals surface area contributed by atoms with Crippen LogP contribution in [0.2, 0.25) is 0 Å². The van der Waals surface area contributed by atoms with Crippen LogP contribution in [0.5, 0.6) is 0 Å². The van der Waals surface area contributed by atoms with Crippen molar-refractivity contribution in [2.45, 2.75) is 0 Å². The van der Waals surface area contributed by atoms with Crippen LogP contribution < -0.4 is 4.89 Å². The fraction of sp³-hybridized carbons (Fsp3) is 0. The zero-order valence-corrected chi connectivity index (χ0v) is 12.5. The molecule has 4 nitrogen and oxygen atoms in total. The third-order valence-electron chi connectivity index (χ3n) is 0.156. The van der Waals surface area contributed by atoms with Gasteiger partial charge in [0, 0.05) is 88.7 Å². The van der Waals surface area contributed by atoms with Gasteiger partial charge in [0.05, 0.1) is 0 Å². The Hall–Kier alpha value is 2.53. The van der Waals surface area contributed by atoms with E-state index in [9.17, 15) is 0 Å². The molecule has 0 aromatic rings. The average molecular weight is 177 g/mol. The standard InChI is InChI=1S/CHO4P.3Na/c2-1(3)6(4)5;;;/h(H,2,3);;;. The van der Waals surface area contributed by atoms with Crippen LogP contribution in [0.3, 0.4) is 0 Å². The van der Waals surface area contributed by atoms with E-state index in [4.69, 9.17) is 19.4 Å². The molecule has 0 spiro atoms. The second-order valence-corrected chi connectivity index (χ2v) is 1.44. The van der Waals surface area contributed by atoms with Crippen molar-refractivity contribution in [2.75, 3.05) is 0 Å². The summed E-state index contributed by atoms with van der Waals surface area (Å²) in [7, 11) is -3.24. The van der Waals surface area contributed by atoms with E-state index in [-0.39, 0.29) is 88.7 Å². The van der Waals surface area contributed by atoms with E-state index in [1.165, 1.54) is 0 Å². The number of carboxylic acid groups (broad SMARTS) is 1. The summed E-state index contributed by atoms with van der Waals surface area (Å²) >= 11 is 0. The molecule has 0 aliphatic heterocycles. The Balaban J connectivity index is -0.0000000417. The second-order valence-electron chi connectivity index (χ2n) is 0.540. The van der Waals surface area contributed by atoms with Gasteiger partial charge < -0.3 is 10.00 Å². The normalized spacial score (nSPS) is 7.00. The summed E-state index contributed by atoms with van der Waals surface area (Å²) in [5.74, 6) is 0. The second kappa shape index (κ2) is 13.1. The Kier molecular flexibility index (Phi) is 32.9. The molecule has 0 bridgehead atoms. The maximum absolute atomic E-state index is 9.14. The Bertz CT molecular complexity index is 81.8. The van der Waals surface area contributed by atoms with Crippen LogP contribution in [0.25, 0.3) is 0 Å². The molecule has 0 heterocycles. The van der Waals surface area contributed by atoms with E-state index in [0.717, 1.165) is 0 Å². The first-order chi connectivity index (χ1) is 2.64. The topological polar surface area (TPSA) is 77.4 Å². The largest absolute Gasteiger partial charge is 0.585 e. The molecule has 9 heavy (non-hydrogen) atoms. The van der Waals surface area contributed by atoms with Gasteiger partial charge in [0.25, 0.3) is 0 Å². The molecule has 0 saturated heterocycles. The van der Waals surface area contributed by atoms with Crippen molar-refractivity contribution in [3.05, 3.63) is 0 Å². The molecule has 0 saturated carbocycles. The summed E-state index contributed by atoms with van der Waals surface area (Å²) in [5, 5.41) is 7.39. The van der Waals surface area contributed by atoms with E-state index in [1.54, 1.807) is 0 Å². The summed E-state index contributed by atoms with van der Waals surface area (Å²) in [6.07, 6.45) is 0.